The Bertz CT molecular complexity index is 797. The van der Waals surface area contributed by atoms with E-state index in [0.29, 0.717) is 16.8 Å². The quantitative estimate of drug-likeness (QED) is 0.545. The maximum absolute atomic E-state index is 12.3. The lowest BCUT2D eigenvalue weighted by molar-refractivity contribution is -0.605. The fourth-order valence-corrected chi connectivity index (χ4v) is 2.29. The number of amides is 1. The molecule has 0 radical (unpaired) electrons. The van der Waals surface area contributed by atoms with Crippen LogP contribution in [0.15, 0.2) is 67.3 Å². The molecule has 0 fully saturated rings. The summed E-state index contributed by atoms with van der Waals surface area (Å²) in [7, 11) is 1.72. The van der Waals surface area contributed by atoms with E-state index < -0.39 is 0 Å². The highest BCUT2D eigenvalue weighted by Crippen LogP contribution is 2.10. The number of nitrogens with zero attached hydrogens (tertiary/aromatic N) is 4. The third kappa shape index (κ3) is 3.37. The van der Waals surface area contributed by atoms with Crippen molar-refractivity contribution < 1.29 is 9.52 Å². The molecule has 0 N–H and O–H groups in total. The minimum atomic E-state index is -0.141. The molecule has 1 amide bonds. The van der Waals surface area contributed by atoms with Crippen molar-refractivity contribution in [1.82, 2.24) is 14.7 Å². The van der Waals surface area contributed by atoms with Crippen molar-refractivity contribution in [2.75, 3.05) is 7.05 Å². The van der Waals surface area contributed by atoms with E-state index in [9.17, 15) is 10.0 Å². The summed E-state index contributed by atoms with van der Waals surface area (Å²) in [5.41, 5.74) is 2.38. The predicted molar refractivity (Wildman–Crippen MR) is 84.8 cm³/mol. The summed E-state index contributed by atoms with van der Waals surface area (Å²) >= 11 is 0. The summed E-state index contributed by atoms with van der Waals surface area (Å²) in [5.74, 6) is -0.141. The van der Waals surface area contributed by atoms with Gasteiger partial charge in [0.25, 0.3) is 5.91 Å². The van der Waals surface area contributed by atoms with Crippen molar-refractivity contribution in [1.29, 1.82) is 0 Å². The Morgan fingerprint density at radius 1 is 1.22 bits per heavy atom. The van der Waals surface area contributed by atoms with Gasteiger partial charge in [0, 0.05) is 37.5 Å². The van der Waals surface area contributed by atoms with E-state index in [1.165, 1.54) is 24.5 Å². The molecule has 3 rings (SSSR count). The lowest BCUT2D eigenvalue weighted by Gasteiger charge is -2.15. The molecule has 0 unspecified atom stereocenters. The Kier molecular flexibility index (Phi) is 4.05. The van der Waals surface area contributed by atoms with Crippen LogP contribution in [0.3, 0.4) is 0 Å². The lowest BCUT2D eigenvalue weighted by Crippen LogP contribution is -2.29. The molecule has 2 aromatic heterocycles. The summed E-state index contributed by atoms with van der Waals surface area (Å²) in [6.45, 7) is 0.442. The highest BCUT2D eigenvalue weighted by atomic mass is 16.5. The van der Waals surface area contributed by atoms with Crippen LogP contribution in [-0.4, -0.2) is 27.6 Å². The number of benzene rings is 1. The van der Waals surface area contributed by atoms with Crippen LogP contribution in [0.4, 0.5) is 0 Å². The summed E-state index contributed by atoms with van der Waals surface area (Å²) in [6.07, 6.45) is 6.27. The van der Waals surface area contributed by atoms with Gasteiger partial charge in [-0.15, -0.1) is 0 Å². The fraction of sp³-hybridized carbons (Fsp3) is 0.118. The Morgan fingerprint density at radius 3 is 2.61 bits per heavy atom. The second-order valence-electron chi connectivity index (χ2n) is 5.24. The number of aromatic nitrogens is 3. The van der Waals surface area contributed by atoms with Crippen LogP contribution in [-0.2, 0) is 6.54 Å². The molecule has 0 aliphatic carbocycles. The predicted octanol–water partition coefficient (Wildman–Crippen LogP) is 1.78. The number of para-hydroxylation sites is 1. The van der Waals surface area contributed by atoms with Gasteiger partial charge in [0.2, 0.25) is 0 Å². The summed E-state index contributed by atoms with van der Waals surface area (Å²) < 4.78 is 2.43. The maximum atomic E-state index is 12.3. The zero-order valence-corrected chi connectivity index (χ0v) is 12.7. The molecule has 0 bridgehead atoms. The van der Waals surface area contributed by atoms with Crippen LogP contribution in [0.25, 0.3) is 5.69 Å². The zero-order chi connectivity index (χ0) is 16.2. The molecule has 0 aliphatic rings. The molecule has 23 heavy (non-hydrogen) atoms. The molecule has 0 aliphatic heterocycles. The van der Waals surface area contributed by atoms with Crippen molar-refractivity contribution in [3.8, 4) is 5.69 Å². The average Bonchev–Trinajstić information content (AvgIpc) is 3.04. The SMILES string of the molecule is CN(Cc1cnn(-c2ccccc2)c1)C(=O)c1cc[n+]([O-])cc1. The average molecular weight is 308 g/mol. The molecule has 6 heteroatoms. The molecular formula is C17H16N4O2. The summed E-state index contributed by atoms with van der Waals surface area (Å²) in [4.78, 5) is 13.9. The van der Waals surface area contributed by atoms with E-state index in [4.69, 9.17) is 0 Å². The minimum Gasteiger partial charge on any atom is -0.619 e. The van der Waals surface area contributed by atoms with E-state index in [2.05, 4.69) is 5.10 Å². The molecule has 0 saturated heterocycles. The molecule has 0 atom stereocenters. The van der Waals surface area contributed by atoms with Gasteiger partial charge in [-0.3, -0.25) is 4.79 Å². The number of pyridine rings is 1. The van der Waals surface area contributed by atoms with Gasteiger partial charge in [0.15, 0.2) is 12.4 Å². The normalized spacial score (nSPS) is 10.5. The number of carbonyl (C=O) groups is 1. The third-order valence-corrected chi connectivity index (χ3v) is 3.47. The topological polar surface area (TPSA) is 65.1 Å². The van der Waals surface area contributed by atoms with Gasteiger partial charge in [-0.1, -0.05) is 18.2 Å². The molecule has 0 saturated carbocycles. The molecule has 1 aromatic carbocycles. The summed E-state index contributed by atoms with van der Waals surface area (Å²) in [5, 5.41) is 15.3. The van der Waals surface area contributed by atoms with E-state index >= 15 is 0 Å². The Labute approximate surface area is 133 Å². The minimum absolute atomic E-state index is 0.141. The van der Waals surface area contributed by atoms with Crippen LogP contribution in [0.1, 0.15) is 15.9 Å². The number of hydrogen-bond acceptors (Lipinski definition) is 3. The third-order valence-electron chi connectivity index (χ3n) is 3.47. The van der Waals surface area contributed by atoms with Crippen molar-refractivity contribution >= 4 is 5.91 Å². The molecule has 3 aromatic rings. The van der Waals surface area contributed by atoms with Gasteiger partial charge in [0.1, 0.15) is 0 Å². The standard InChI is InChI=1S/C17H16N4O2/c1-19(17(22)15-7-9-20(23)10-8-15)12-14-11-18-21(13-14)16-5-3-2-4-6-16/h2-11,13H,12H2,1H3. The monoisotopic (exact) mass is 308 g/mol. The Balaban J connectivity index is 1.71. The van der Waals surface area contributed by atoms with Crippen LogP contribution < -0.4 is 4.73 Å². The van der Waals surface area contributed by atoms with Crippen LogP contribution in [0.5, 0.6) is 0 Å². The molecule has 116 valence electrons. The Hall–Kier alpha value is -3.15. The molecule has 6 nitrogen and oxygen atoms in total. The van der Waals surface area contributed by atoms with Crippen LogP contribution in [0.2, 0.25) is 0 Å². The van der Waals surface area contributed by atoms with E-state index in [-0.39, 0.29) is 5.91 Å². The lowest BCUT2D eigenvalue weighted by atomic mass is 10.2. The van der Waals surface area contributed by atoms with E-state index in [0.717, 1.165) is 11.3 Å². The van der Waals surface area contributed by atoms with Crippen molar-refractivity contribution in [3.05, 3.63) is 83.6 Å². The van der Waals surface area contributed by atoms with Gasteiger partial charge < -0.3 is 10.1 Å². The highest BCUT2D eigenvalue weighted by molar-refractivity contribution is 5.93. The van der Waals surface area contributed by atoms with Crippen LogP contribution >= 0.6 is 0 Å². The molecular weight excluding hydrogens is 292 g/mol. The first kappa shape index (κ1) is 14.8. The summed E-state index contributed by atoms with van der Waals surface area (Å²) in [6, 6.07) is 12.8. The smallest absolute Gasteiger partial charge is 0.254 e. The first-order chi connectivity index (χ1) is 11.1. The van der Waals surface area contributed by atoms with E-state index in [1.807, 2.05) is 36.5 Å². The molecule has 2 heterocycles. The Morgan fingerprint density at radius 2 is 1.91 bits per heavy atom. The second-order valence-corrected chi connectivity index (χ2v) is 5.24. The first-order valence-electron chi connectivity index (χ1n) is 7.17. The van der Waals surface area contributed by atoms with E-state index in [1.54, 1.807) is 22.8 Å². The van der Waals surface area contributed by atoms with Crippen molar-refractivity contribution in [2.45, 2.75) is 6.54 Å². The first-order valence-corrected chi connectivity index (χ1v) is 7.17. The van der Waals surface area contributed by atoms with Gasteiger partial charge in [0.05, 0.1) is 17.4 Å². The maximum Gasteiger partial charge on any atom is 0.254 e. The fourth-order valence-electron chi connectivity index (χ4n) is 2.29. The highest BCUT2D eigenvalue weighted by Gasteiger charge is 2.14. The van der Waals surface area contributed by atoms with Crippen molar-refractivity contribution in [2.24, 2.45) is 0 Å². The molecule has 0 spiro atoms. The largest absolute Gasteiger partial charge is 0.619 e. The van der Waals surface area contributed by atoms with Gasteiger partial charge >= 0.3 is 0 Å². The van der Waals surface area contributed by atoms with Crippen molar-refractivity contribution in [3.63, 3.8) is 0 Å². The zero-order valence-electron chi connectivity index (χ0n) is 12.7. The second kappa shape index (κ2) is 6.31. The van der Waals surface area contributed by atoms with Gasteiger partial charge in [-0.05, 0) is 12.1 Å². The number of rotatable bonds is 4. The van der Waals surface area contributed by atoms with Crippen LogP contribution in [0, 0.1) is 5.21 Å². The van der Waals surface area contributed by atoms with Gasteiger partial charge in [-0.25, -0.2) is 4.68 Å². The number of carbonyl (C=O) groups excluding carboxylic acids is 1. The van der Waals surface area contributed by atoms with Gasteiger partial charge in [-0.2, -0.15) is 9.83 Å². The number of hydrogen-bond donors (Lipinski definition) is 0.